The third-order valence-corrected chi connectivity index (χ3v) is 3.23. The van der Waals surface area contributed by atoms with Crippen LogP contribution in [0.25, 0.3) is 0 Å². The van der Waals surface area contributed by atoms with E-state index < -0.39 is 11.7 Å². The fraction of sp³-hybridized carbons (Fsp3) is 0.500. The number of hydrogen-bond acceptors (Lipinski definition) is 3. The normalized spacial score (nSPS) is 15.8. The number of halogens is 3. The fourth-order valence-corrected chi connectivity index (χ4v) is 1.84. The summed E-state index contributed by atoms with van der Waals surface area (Å²) in [5.74, 6) is -0.318. The van der Waals surface area contributed by atoms with Crippen LogP contribution in [0.15, 0.2) is 24.3 Å². The molecule has 0 saturated heterocycles. The number of carbonyl (C=O) groups is 1. The lowest BCUT2D eigenvalue weighted by Gasteiger charge is -2.25. The number of benzene rings is 1. The molecule has 0 atom stereocenters. The first-order chi connectivity index (χ1) is 9.45. The van der Waals surface area contributed by atoms with Crippen LogP contribution in [0, 0.1) is 0 Å². The van der Waals surface area contributed by atoms with Crippen LogP contribution in [0.4, 0.5) is 13.2 Å². The predicted octanol–water partition coefficient (Wildman–Crippen LogP) is 2.89. The minimum atomic E-state index is -4.32. The molecule has 20 heavy (non-hydrogen) atoms. The van der Waals surface area contributed by atoms with Gasteiger partial charge in [0, 0.05) is 6.54 Å². The molecule has 6 heteroatoms. The highest BCUT2D eigenvalue weighted by molar-refractivity contribution is 5.71. The van der Waals surface area contributed by atoms with Gasteiger partial charge in [-0.1, -0.05) is 12.1 Å². The van der Waals surface area contributed by atoms with Gasteiger partial charge < -0.3 is 10.1 Å². The number of nitrogens with one attached hydrogen (secondary N) is 1. The Morgan fingerprint density at radius 1 is 1.25 bits per heavy atom. The highest BCUT2D eigenvalue weighted by Crippen LogP contribution is 2.29. The van der Waals surface area contributed by atoms with Crippen LogP contribution in [0.5, 0.6) is 0 Å². The monoisotopic (exact) mass is 287 g/mol. The van der Waals surface area contributed by atoms with Gasteiger partial charge in [0.1, 0.15) is 6.10 Å². The molecule has 0 heterocycles. The number of esters is 1. The Balaban J connectivity index is 1.72. The summed E-state index contributed by atoms with van der Waals surface area (Å²) >= 11 is 0. The van der Waals surface area contributed by atoms with E-state index in [1.807, 2.05) is 0 Å². The van der Waals surface area contributed by atoms with Gasteiger partial charge >= 0.3 is 12.1 Å². The Hall–Kier alpha value is -1.56. The smallest absolute Gasteiger partial charge is 0.416 e. The zero-order valence-corrected chi connectivity index (χ0v) is 10.9. The maximum atomic E-state index is 12.4. The summed E-state index contributed by atoms with van der Waals surface area (Å²) in [6, 6.07) is 4.85. The Labute approximate surface area is 115 Å². The van der Waals surface area contributed by atoms with Crippen molar-refractivity contribution in [2.45, 2.75) is 38.1 Å². The van der Waals surface area contributed by atoms with Gasteiger partial charge in [-0.3, -0.25) is 4.79 Å². The van der Waals surface area contributed by atoms with Crippen LogP contribution in [0.2, 0.25) is 0 Å². The summed E-state index contributed by atoms with van der Waals surface area (Å²) in [7, 11) is 0. The Bertz CT molecular complexity index is 452. The summed E-state index contributed by atoms with van der Waals surface area (Å²) < 4.78 is 42.2. The maximum Gasteiger partial charge on any atom is 0.416 e. The minimum Gasteiger partial charge on any atom is -0.461 e. The van der Waals surface area contributed by atoms with Crippen LogP contribution in [-0.4, -0.2) is 18.6 Å². The van der Waals surface area contributed by atoms with Gasteiger partial charge in [0.15, 0.2) is 0 Å². The third-order valence-electron chi connectivity index (χ3n) is 3.23. The van der Waals surface area contributed by atoms with Gasteiger partial charge in [-0.25, -0.2) is 0 Å². The highest BCUT2D eigenvalue weighted by Gasteiger charge is 2.29. The lowest BCUT2D eigenvalue weighted by Crippen LogP contribution is -2.31. The Morgan fingerprint density at radius 3 is 2.40 bits per heavy atom. The minimum absolute atomic E-state index is 0.0513. The molecule has 3 nitrogen and oxygen atoms in total. The summed E-state index contributed by atoms with van der Waals surface area (Å²) in [6.07, 6.45) is -1.33. The van der Waals surface area contributed by atoms with Gasteiger partial charge in [0.05, 0.1) is 12.1 Å². The first kappa shape index (κ1) is 14.8. The van der Waals surface area contributed by atoms with E-state index in [9.17, 15) is 18.0 Å². The van der Waals surface area contributed by atoms with Crippen molar-refractivity contribution in [3.63, 3.8) is 0 Å². The second kappa shape index (κ2) is 6.26. The van der Waals surface area contributed by atoms with Crippen LogP contribution >= 0.6 is 0 Å². The number of carbonyl (C=O) groups excluding carboxylic acids is 1. The second-order valence-corrected chi connectivity index (χ2v) is 4.84. The van der Waals surface area contributed by atoms with E-state index in [4.69, 9.17) is 4.74 Å². The Kier molecular flexibility index (Phi) is 4.65. The standard InChI is InChI=1S/C14H16F3NO2/c15-14(16,17)11-6-4-10(5-7-11)8-18-9-13(19)20-12-2-1-3-12/h4-7,12,18H,1-3,8-9H2. The molecule has 0 radical (unpaired) electrons. The lowest BCUT2D eigenvalue weighted by molar-refractivity contribution is -0.151. The topological polar surface area (TPSA) is 38.3 Å². The molecule has 0 aliphatic heterocycles. The summed E-state index contributed by atoms with van der Waals surface area (Å²) in [6.45, 7) is 0.398. The molecular weight excluding hydrogens is 271 g/mol. The summed E-state index contributed by atoms with van der Waals surface area (Å²) in [4.78, 5) is 11.4. The molecule has 1 saturated carbocycles. The van der Waals surface area contributed by atoms with E-state index in [1.165, 1.54) is 12.1 Å². The van der Waals surface area contributed by atoms with E-state index in [1.54, 1.807) is 0 Å². The van der Waals surface area contributed by atoms with Crippen LogP contribution in [-0.2, 0) is 22.3 Å². The molecule has 1 aliphatic carbocycles. The number of ether oxygens (including phenoxy) is 1. The van der Waals surface area contributed by atoms with E-state index in [0.717, 1.165) is 31.4 Å². The largest absolute Gasteiger partial charge is 0.461 e. The number of alkyl halides is 3. The van der Waals surface area contributed by atoms with Crippen molar-refractivity contribution < 1.29 is 22.7 Å². The first-order valence-corrected chi connectivity index (χ1v) is 6.51. The molecule has 1 fully saturated rings. The predicted molar refractivity (Wildman–Crippen MR) is 66.9 cm³/mol. The third kappa shape index (κ3) is 4.23. The zero-order chi connectivity index (χ0) is 14.6. The number of hydrogen-bond donors (Lipinski definition) is 1. The molecule has 110 valence electrons. The Morgan fingerprint density at radius 2 is 1.90 bits per heavy atom. The van der Waals surface area contributed by atoms with Gasteiger partial charge in [-0.05, 0) is 37.0 Å². The van der Waals surface area contributed by atoms with Crippen LogP contribution < -0.4 is 5.32 Å². The first-order valence-electron chi connectivity index (χ1n) is 6.51. The van der Waals surface area contributed by atoms with Gasteiger partial charge in [-0.15, -0.1) is 0 Å². The molecule has 2 rings (SSSR count). The van der Waals surface area contributed by atoms with Crippen molar-refractivity contribution in [1.29, 1.82) is 0 Å². The molecular formula is C14H16F3NO2. The van der Waals surface area contributed by atoms with Crippen molar-refractivity contribution in [2.75, 3.05) is 6.54 Å². The highest BCUT2D eigenvalue weighted by atomic mass is 19.4. The molecule has 0 spiro atoms. The van der Waals surface area contributed by atoms with Gasteiger partial charge in [0.2, 0.25) is 0 Å². The van der Waals surface area contributed by atoms with E-state index >= 15 is 0 Å². The molecule has 0 amide bonds. The maximum absolute atomic E-state index is 12.4. The fourth-order valence-electron chi connectivity index (χ4n) is 1.84. The molecule has 0 bridgehead atoms. The number of rotatable bonds is 5. The average molecular weight is 287 g/mol. The van der Waals surface area contributed by atoms with Gasteiger partial charge in [0.25, 0.3) is 0 Å². The van der Waals surface area contributed by atoms with Crippen molar-refractivity contribution in [3.05, 3.63) is 35.4 Å². The zero-order valence-electron chi connectivity index (χ0n) is 10.9. The molecule has 0 aromatic heterocycles. The molecule has 1 N–H and O–H groups in total. The molecule has 1 aromatic carbocycles. The quantitative estimate of drug-likeness (QED) is 0.846. The van der Waals surface area contributed by atoms with Crippen molar-refractivity contribution in [2.24, 2.45) is 0 Å². The SMILES string of the molecule is O=C(CNCc1ccc(C(F)(F)F)cc1)OC1CCC1. The second-order valence-electron chi connectivity index (χ2n) is 4.84. The average Bonchev–Trinajstić information content (AvgIpc) is 2.33. The van der Waals surface area contributed by atoms with Crippen molar-refractivity contribution >= 4 is 5.97 Å². The van der Waals surface area contributed by atoms with Crippen LogP contribution in [0.1, 0.15) is 30.4 Å². The van der Waals surface area contributed by atoms with Crippen molar-refractivity contribution in [3.8, 4) is 0 Å². The molecule has 1 aromatic rings. The van der Waals surface area contributed by atoms with Crippen LogP contribution in [0.3, 0.4) is 0 Å². The summed E-state index contributed by atoms with van der Waals surface area (Å²) in [5, 5.41) is 2.86. The lowest BCUT2D eigenvalue weighted by atomic mass is 9.96. The van der Waals surface area contributed by atoms with Gasteiger partial charge in [-0.2, -0.15) is 13.2 Å². The van der Waals surface area contributed by atoms with E-state index in [-0.39, 0.29) is 18.6 Å². The summed E-state index contributed by atoms with van der Waals surface area (Å²) in [5.41, 5.74) is 0.0140. The van der Waals surface area contributed by atoms with Crippen molar-refractivity contribution in [1.82, 2.24) is 5.32 Å². The molecule has 0 unspecified atom stereocenters. The molecule has 1 aliphatic rings. The van der Waals surface area contributed by atoms with E-state index in [2.05, 4.69) is 5.32 Å². The van der Waals surface area contributed by atoms with E-state index in [0.29, 0.717) is 12.1 Å².